The molecular formula is C20H26N4O3. The summed E-state index contributed by atoms with van der Waals surface area (Å²) in [5, 5.41) is 9.35. The Hall–Kier alpha value is -2.25. The lowest BCUT2D eigenvalue weighted by Crippen LogP contribution is -2.52. The summed E-state index contributed by atoms with van der Waals surface area (Å²) in [7, 11) is 0. The zero-order chi connectivity index (χ0) is 19.2. The Morgan fingerprint density at radius 3 is 2.78 bits per heavy atom. The van der Waals surface area contributed by atoms with E-state index in [0.717, 1.165) is 24.2 Å². The molecule has 2 saturated heterocycles. The van der Waals surface area contributed by atoms with Crippen molar-refractivity contribution in [2.75, 3.05) is 13.1 Å². The van der Waals surface area contributed by atoms with Gasteiger partial charge in [-0.25, -0.2) is 0 Å². The van der Waals surface area contributed by atoms with Crippen molar-refractivity contribution in [2.45, 2.75) is 51.9 Å². The molecule has 4 rings (SSSR count). The molecule has 1 aromatic rings. The first-order valence-electron chi connectivity index (χ1n) is 9.56. The molecule has 0 aliphatic carbocycles. The summed E-state index contributed by atoms with van der Waals surface area (Å²) in [4.78, 5) is 38.3. The van der Waals surface area contributed by atoms with Crippen LogP contribution >= 0.6 is 0 Å². The molecule has 0 bridgehead atoms. The predicted octanol–water partition coefficient (Wildman–Crippen LogP) is 0.535. The van der Waals surface area contributed by atoms with Gasteiger partial charge < -0.3 is 15.5 Å². The number of carbonyl (C=O) groups is 3. The summed E-state index contributed by atoms with van der Waals surface area (Å²) >= 11 is 0. The van der Waals surface area contributed by atoms with Crippen molar-refractivity contribution in [3.63, 3.8) is 0 Å². The molecule has 0 saturated carbocycles. The third kappa shape index (κ3) is 3.26. The van der Waals surface area contributed by atoms with Gasteiger partial charge >= 0.3 is 0 Å². The number of benzene rings is 1. The minimum atomic E-state index is -0.568. The lowest BCUT2D eigenvalue weighted by atomic mass is 9.87. The Kier molecular flexibility index (Phi) is 4.52. The maximum atomic E-state index is 13.1. The highest BCUT2D eigenvalue weighted by Gasteiger charge is 2.40. The summed E-state index contributed by atoms with van der Waals surface area (Å²) < 4.78 is 0. The van der Waals surface area contributed by atoms with Gasteiger partial charge in [0.25, 0.3) is 5.91 Å². The van der Waals surface area contributed by atoms with Gasteiger partial charge in [0.15, 0.2) is 0 Å². The summed E-state index contributed by atoms with van der Waals surface area (Å²) in [5.74, 6) is -0.746. The molecule has 3 amide bonds. The smallest absolute Gasteiger partial charge is 0.255 e. The SMILES string of the molecule is CC1(C)CNCC1NCc1cccc2c1C(=O)N(C1CCC(=O)NC1=O)C2. The molecule has 1 aromatic carbocycles. The van der Waals surface area contributed by atoms with Crippen molar-refractivity contribution in [3.8, 4) is 0 Å². The molecule has 7 heteroatoms. The standard InChI is InChI=1S/C20H26N4O3/c1-20(2)11-21-9-15(20)22-8-12-4-3-5-13-10-24(19(27)17(12)13)14-6-7-16(25)23-18(14)26/h3-5,14-15,21-22H,6-11H2,1-2H3,(H,23,25,26). The molecule has 3 aliphatic rings. The Morgan fingerprint density at radius 2 is 2.07 bits per heavy atom. The van der Waals surface area contributed by atoms with Gasteiger partial charge in [0.2, 0.25) is 11.8 Å². The summed E-state index contributed by atoms with van der Waals surface area (Å²) in [5.41, 5.74) is 2.79. The zero-order valence-corrected chi connectivity index (χ0v) is 15.8. The van der Waals surface area contributed by atoms with Crippen LogP contribution < -0.4 is 16.0 Å². The average molecular weight is 370 g/mol. The van der Waals surface area contributed by atoms with Gasteiger partial charge in [-0.05, 0) is 23.0 Å². The van der Waals surface area contributed by atoms with Crippen molar-refractivity contribution in [3.05, 3.63) is 34.9 Å². The van der Waals surface area contributed by atoms with Crippen LogP contribution in [0.15, 0.2) is 18.2 Å². The van der Waals surface area contributed by atoms with Crippen molar-refractivity contribution < 1.29 is 14.4 Å². The van der Waals surface area contributed by atoms with Crippen LogP contribution in [0.5, 0.6) is 0 Å². The molecule has 0 spiro atoms. The third-order valence-corrected chi connectivity index (χ3v) is 6.05. The minimum absolute atomic E-state index is 0.110. The van der Waals surface area contributed by atoms with Gasteiger partial charge in [0.05, 0.1) is 0 Å². The van der Waals surface area contributed by atoms with E-state index in [9.17, 15) is 14.4 Å². The molecule has 2 fully saturated rings. The highest BCUT2D eigenvalue weighted by molar-refractivity contribution is 6.05. The van der Waals surface area contributed by atoms with Crippen molar-refractivity contribution in [2.24, 2.45) is 5.41 Å². The molecule has 7 nitrogen and oxygen atoms in total. The predicted molar refractivity (Wildman–Crippen MR) is 99.8 cm³/mol. The Balaban J connectivity index is 1.51. The fraction of sp³-hybridized carbons (Fsp3) is 0.550. The fourth-order valence-electron chi connectivity index (χ4n) is 4.36. The zero-order valence-electron chi connectivity index (χ0n) is 15.8. The quantitative estimate of drug-likeness (QED) is 0.673. The Morgan fingerprint density at radius 1 is 1.26 bits per heavy atom. The van der Waals surface area contributed by atoms with Crippen LogP contribution in [0.25, 0.3) is 0 Å². The van der Waals surface area contributed by atoms with Crippen molar-refractivity contribution >= 4 is 17.7 Å². The number of piperidine rings is 1. The van der Waals surface area contributed by atoms with E-state index in [1.807, 2.05) is 18.2 Å². The molecule has 3 heterocycles. The third-order valence-electron chi connectivity index (χ3n) is 6.05. The number of hydrogen-bond acceptors (Lipinski definition) is 5. The van der Waals surface area contributed by atoms with Crippen LogP contribution in [0.4, 0.5) is 0 Å². The number of carbonyl (C=O) groups excluding carboxylic acids is 3. The van der Waals surface area contributed by atoms with Crippen LogP contribution in [0.2, 0.25) is 0 Å². The highest BCUT2D eigenvalue weighted by Crippen LogP contribution is 2.30. The molecule has 2 unspecified atom stereocenters. The van der Waals surface area contributed by atoms with Gasteiger partial charge in [0, 0.05) is 44.2 Å². The van der Waals surface area contributed by atoms with Crippen molar-refractivity contribution in [1.29, 1.82) is 0 Å². The van der Waals surface area contributed by atoms with E-state index >= 15 is 0 Å². The molecule has 3 N–H and O–H groups in total. The van der Waals surface area contributed by atoms with Crippen LogP contribution in [0.3, 0.4) is 0 Å². The summed E-state index contributed by atoms with van der Waals surface area (Å²) in [6.45, 7) is 7.39. The average Bonchev–Trinajstić information content (AvgIpc) is 3.13. The second kappa shape index (κ2) is 6.73. The first-order valence-corrected chi connectivity index (χ1v) is 9.56. The lowest BCUT2D eigenvalue weighted by molar-refractivity contribution is -0.136. The van der Waals surface area contributed by atoms with Crippen LogP contribution in [0.1, 0.15) is 48.2 Å². The van der Waals surface area contributed by atoms with Gasteiger partial charge in [0.1, 0.15) is 6.04 Å². The normalized spacial score (nSPS) is 27.0. The molecule has 0 radical (unpaired) electrons. The molecule has 144 valence electrons. The monoisotopic (exact) mass is 370 g/mol. The molecule has 3 aliphatic heterocycles. The number of fused-ring (bicyclic) bond motifs is 1. The number of nitrogens with one attached hydrogen (secondary N) is 3. The first-order chi connectivity index (χ1) is 12.9. The first kappa shape index (κ1) is 18.1. The summed E-state index contributed by atoms with van der Waals surface area (Å²) in [6.07, 6.45) is 0.661. The van der Waals surface area contributed by atoms with E-state index in [4.69, 9.17) is 0 Å². The van der Waals surface area contributed by atoms with Gasteiger partial charge in [-0.1, -0.05) is 32.0 Å². The van der Waals surface area contributed by atoms with E-state index in [2.05, 4.69) is 29.8 Å². The number of rotatable bonds is 4. The van der Waals surface area contributed by atoms with Crippen LogP contribution in [-0.2, 0) is 22.7 Å². The van der Waals surface area contributed by atoms with Crippen LogP contribution in [0, 0.1) is 5.41 Å². The Bertz CT molecular complexity index is 804. The van der Waals surface area contributed by atoms with E-state index in [-0.39, 0.29) is 29.6 Å². The maximum Gasteiger partial charge on any atom is 0.255 e. The molecular weight excluding hydrogens is 344 g/mol. The van der Waals surface area contributed by atoms with Gasteiger partial charge in [-0.2, -0.15) is 0 Å². The highest BCUT2D eigenvalue weighted by atomic mass is 16.2. The van der Waals surface area contributed by atoms with Crippen LogP contribution in [-0.4, -0.2) is 47.8 Å². The number of nitrogens with zero attached hydrogens (tertiary/aromatic N) is 1. The second-order valence-electron chi connectivity index (χ2n) is 8.40. The maximum absolute atomic E-state index is 13.1. The van der Waals surface area contributed by atoms with Gasteiger partial charge in [-0.3, -0.25) is 19.7 Å². The molecule has 2 atom stereocenters. The van der Waals surface area contributed by atoms with Gasteiger partial charge in [-0.15, -0.1) is 0 Å². The summed E-state index contributed by atoms with van der Waals surface area (Å²) in [6, 6.07) is 5.67. The van der Waals surface area contributed by atoms with Crippen molar-refractivity contribution in [1.82, 2.24) is 20.9 Å². The van der Waals surface area contributed by atoms with E-state index in [1.165, 1.54) is 0 Å². The number of hydrogen-bond donors (Lipinski definition) is 3. The number of amides is 3. The van der Waals surface area contributed by atoms with E-state index in [1.54, 1.807) is 4.90 Å². The second-order valence-corrected chi connectivity index (χ2v) is 8.40. The molecule has 27 heavy (non-hydrogen) atoms. The largest absolute Gasteiger partial charge is 0.322 e. The lowest BCUT2D eigenvalue weighted by Gasteiger charge is -2.29. The molecule has 0 aromatic heterocycles. The van der Waals surface area contributed by atoms with E-state index in [0.29, 0.717) is 31.1 Å². The Labute approximate surface area is 158 Å². The van der Waals surface area contributed by atoms with E-state index < -0.39 is 6.04 Å². The minimum Gasteiger partial charge on any atom is -0.322 e. The topological polar surface area (TPSA) is 90.5 Å². The number of imide groups is 1. The fourth-order valence-corrected chi connectivity index (χ4v) is 4.36.